The van der Waals surface area contributed by atoms with Crippen LogP contribution in [0.25, 0.3) is 10.5 Å². The lowest BCUT2D eigenvalue weighted by Crippen LogP contribution is -2.35. The lowest BCUT2D eigenvalue weighted by molar-refractivity contribution is -0.140. The highest BCUT2D eigenvalue weighted by Crippen LogP contribution is 2.42. The van der Waals surface area contributed by atoms with E-state index < -0.39 is 80.6 Å². The second kappa shape index (κ2) is 16.0. The molecule has 1 saturated heterocycles. The van der Waals surface area contributed by atoms with E-state index in [2.05, 4.69) is 0 Å². The average molecular weight is 827 g/mol. The summed E-state index contributed by atoms with van der Waals surface area (Å²) in [4.78, 5) is 90.2. The molecule has 4 N–H and O–H groups in total. The number of anilines is 1. The van der Waals surface area contributed by atoms with Crippen LogP contribution in [-0.4, -0.2) is 97.3 Å². The van der Waals surface area contributed by atoms with E-state index in [0.29, 0.717) is 55.3 Å². The van der Waals surface area contributed by atoms with Gasteiger partial charge in [-0.15, -0.1) is 22.7 Å². The Kier molecular flexibility index (Phi) is 11.9. The number of carboxylic acid groups (broad SMARTS) is 3. The van der Waals surface area contributed by atoms with Gasteiger partial charge in [-0.25, -0.2) is 0 Å². The summed E-state index contributed by atoms with van der Waals surface area (Å²) in [5.41, 5.74) is -0.934. The van der Waals surface area contributed by atoms with Gasteiger partial charge >= 0.3 is 17.9 Å². The standard InChI is InChI=1S/C31H30N4O15S4/c1-3-15(10-19-32(8-4-5-9-54(46,47)48)17-11-16(49-2)6-7-18(17)50-19)23-26(42)33(12-20(36)37)29(51-23)24-27(43)34(13-21(38)39)30(52-24)25-28(44)35(14-22(40)41)31(45)53-25/h6-7,10-11H,3-5,8-9,12-14H2,1-2H3,(H,36,37)(H,38,39)(H,40,41)(H,46,47,48)/b19-10?,23-15?,29-24+,30-25+. The minimum Gasteiger partial charge on any atom is -0.497 e. The Balaban J connectivity index is 1.77. The van der Waals surface area contributed by atoms with Crippen molar-refractivity contribution in [2.45, 2.75) is 39.3 Å². The van der Waals surface area contributed by atoms with Crippen LogP contribution in [0.15, 0.2) is 39.7 Å². The van der Waals surface area contributed by atoms with E-state index in [1.54, 1.807) is 30.0 Å². The van der Waals surface area contributed by atoms with Crippen LogP contribution in [0.3, 0.4) is 0 Å². The zero-order valence-corrected chi connectivity index (χ0v) is 31.4. The van der Waals surface area contributed by atoms with Gasteiger partial charge < -0.3 is 29.7 Å². The molecule has 1 aromatic carbocycles. The van der Waals surface area contributed by atoms with Gasteiger partial charge in [-0.3, -0.25) is 52.1 Å². The number of hydrogen-bond acceptors (Lipinski definition) is 15. The lowest BCUT2D eigenvalue weighted by atomic mass is 10.2. The van der Waals surface area contributed by atoms with Crippen molar-refractivity contribution in [2.24, 2.45) is 0 Å². The summed E-state index contributed by atoms with van der Waals surface area (Å²) in [6.07, 6.45) is 2.11. The number of carbonyl (C=O) groups is 5. The van der Waals surface area contributed by atoms with E-state index in [9.17, 15) is 56.7 Å². The number of methoxy groups -OCH3 is 1. The second-order valence-electron chi connectivity index (χ2n) is 11.5. The van der Waals surface area contributed by atoms with Crippen LogP contribution in [0.1, 0.15) is 26.2 Å². The van der Waals surface area contributed by atoms with E-state index in [1.165, 1.54) is 13.2 Å². The van der Waals surface area contributed by atoms with Crippen molar-refractivity contribution >= 4 is 89.8 Å². The summed E-state index contributed by atoms with van der Waals surface area (Å²) in [6.45, 7) is -0.979. The van der Waals surface area contributed by atoms with E-state index in [1.807, 2.05) is 0 Å². The number of nitrogens with zero attached hydrogens (tertiary/aromatic N) is 4. The van der Waals surface area contributed by atoms with E-state index >= 15 is 0 Å². The lowest BCUT2D eigenvalue weighted by Gasteiger charge is -2.19. The number of unbranched alkanes of at least 4 members (excludes halogenated alkanes) is 1. The average Bonchev–Trinajstić information content (AvgIpc) is 3.78. The third-order valence-corrected chi connectivity index (χ3v) is 12.3. The summed E-state index contributed by atoms with van der Waals surface area (Å²) in [6, 6.07) is 4.98. The number of amides is 2. The number of carbonyl (C=O) groups excluding carboxylic acids is 2. The highest BCUT2D eigenvalue weighted by atomic mass is 32.2. The number of hydrogen-bond donors (Lipinski definition) is 4. The first-order chi connectivity index (χ1) is 25.4. The topological polar surface area (TPSA) is 269 Å². The molecule has 2 aromatic heterocycles. The Hall–Kier alpha value is -5.23. The van der Waals surface area contributed by atoms with Gasteiger partial charge in [0.15, 0.2) is 5.75 Å². The maximum Gasteiger partial charge on any atom is 0.323 e. The Morgan fingerprint density at radius 1 is 0.889 bits per heavy atom. The highest BCUT2D eigenvalue weighted by Gasteiger charge is 2.38. The molecule has 54 heavy (non-hydrogen) atoms. The third-order valence-electron chi connectivity index (χ3n) is 7.83. The predicted molar refractivity (Wildman–Crippen MR) is 193 cm³/mol. The molecule has 288 valence electrons. The maximum atomic E-state index is 14.0. The van der Waals surface area contributed by atoms with Crippen molar-refractivity contribution in [1.82, 2.24) is 14.0 Å². The van der Waals surface area contributed by atoms with Crippen molar-refractivity contribution < 1.29 is 61.7 Å². The van der Waals surface area contributed by atoms with Crippen LogP contribution in [0.4, 0.5) is 10.5 Å². The number of carboxylic acids is 3. The quantitative estimate of drug-likeness (QED) is 0.127. The first kappa shape index (κ1) is 40.0. The Bertz CT molecular complexity index is 2580. The van der Waals surface area contributed by atoms with Crippen LogP contribution < -0.4 is 34.7 Å². The largest absolute Gasteiger partial charge is 0.497 e. The number of thiazole rings is 2. The molecule has 0 radical (unpaired) electrons. The number of aliphatic carboxylic acids is 3. The number of fused-ring (bicyclic) bond motifs is 1. The van der Waals surface area contributed by atoms with Crippen LogP contribution in [-0.2, 0) is 42.4 Å². The number of aromatic nitrogens is 2. The van der Waals surface area contributed by atoms with Crippen LogP contribution in [0.5, 0.6) is 11.5 Å². The molecule has 2 aliphatic rings. The van der Waals surface area contributed by atoms with Crippen molar-refractivity contribution in [3.63, 3.8) is 0 Å². The molecular weight excluding hydrogens is 797 g/mol. The fourth-order valence-electron chi connectivity index (χ4n) is 5.43. The molecule has 5 rings (SSSR count). The van der Waals surface area contributed by atoms with Gasteiger partial charge in [-0.1, -0.05) is 6.92 Å². The summed E-state index contributed by atoms with van der Waals surface area (Å²) >= 11 is 1.57. The Morgan fingerprint density at radius 2 is 1.54 bits per heavy atom. The molecule has 0 spiro atoms. The van der Waals surface area contributed by atoms with E-state index in [4.69, 9.17) is 14.6 Å². The molecule has 2 aliphatic heterocycles. The SMILES string of the molecule is CCC(C=C1Oc2ccc(OC)cc2N1CCCCS(=O)(=O)O)=c1s/c(=c2/s/c(=C3/SC(=O)N(CC(=O)O)C3=O)n(CC(=O)O)c2=O)n(CC(=O)O)c1=O. The number of ether oxygens (including phenoxy) is 2. The molecule has 0 saturated carbocycles. The maximum absolute atomic E-state index is 14.0. The molecule has 1 fully saturated rings. The third kappa shape index (κ3) is 8.44. The Labute approximate surface area is 315 Å². The molecule has 0 atom stereocenters. The van der Waals surface area contributed by atoms with E-state index in [0.717, 1.165) is 15.9 Å². The van der Waals surface area contributed by atoms with Gasteiger partial charge in [-0.05, 0) is 48.7 Å². The van der Waals surface area contributed by atoms with Gasteiger partial charge in [0.25, 0.3) is 32.4 Å². The summed E-state index contributed by atoms with van der Waals surface area (Å²) in [5, 5.41) is 27.5. The molecule has 4 heterocycles. The van der Waals surface area contributed by atoms with Gasteiger partial charge in [0.05, 0.1) is 23.1 Å². The van der Waals surface area contributed by atoms with E-state index in [-0.39, 0.29) is 50.1 Å². The zero-order chi connectivity index (χ0) is 39.6. The predicted octanol–water partition coefficient (Wildman–Crippen LogP) is 0.455. The first-order valence-electron chi connectivity index (χ1n) is 15.6. The van der Waals surface area contributed by atoms with Crippen LogP contribution in [0.2, 0.25) is 0 Å². The van der Waals surface area contributed by atoms with Gasteiger partial charge in [0.1, 0.15) is 44.1 Å². The molecule has 0 aliphatic carbocycles. The first-order valence-corrected chi connectivity index (χ1v) is 19.7. The molecule has 0 bridgehead atoms. The molecule has 23 heteroatoms. The fourth-order valence-corrected chi connectivity index (χ4v) is 9.51. The summed E-state index contributed by atoms with van der Waals surface area (Å²) < 4.78 is 43.9. The van der Waals surface area contributed by atoms with Gasteiger partial charge in [0.2, 0.25) is 5.88 Å². The molecular formula is C31H30N4O15S4. The van der Waals surface area contributed by atoms with Crippen molar-refractivity contribution in [3.05, 3.63) is 69.3 Å². The fraction of sp³-hybridized carbons (Fsp3) is 0.323. The van der Waals surface area contributed by atoms with Crippen molar-refractivity contribution in [1.29, 1.82) is 0 Å². The summed E-state index contributed by atoms with van der Waals surface area (Å²) in [5.74, 6) is -4.90. The normalized spacial score (nSPS) is 17.2. The van der Waals surface area contributed by atoms with Crippen molar-refractivity contribution in [2.75, 3.05) is 30.9 Å². The van der Waals surface area contributed by atoms with Crippen LogP contribution >= 0.6 is 34.4 Å². The molecule has 19 nitrogen and oxygen atoms in total. The number of thioether (sulfide) groups is 1. The molecule has 0 unspecified atom stereocenters. The van der Waals surface area contributed by atoms with Crippen LogP contribution in [0, 0.1) is 9.20 Å². The van der Waals surface area contributed by atoms with Gasteiger partial charge in [-0.2, -0.15) is 8.42 Å². The van der Waals surface area contributed by atoms with Gasteiger partial charge in [0, 0.05) is 18.7 Å². The minimum absolute atomic E-state index is 0.00868. The second-order valence-corrected chi connectivity index (χ2v) is 16.0. The number of benzene rings is 1. The summed E-state index contributed by atoms with van der Waals surface area (Å²) in [7, 11) is -2.74. The molecule has 3 aromatic rings. The zero-order valence-electron chi connectivity index (χ0n) is 28.2. The highest BCUT2D eigenvalue weighted by molar-refractivity contribution is 8.23. The minimum atomic E-state index is -4.20. The monoisotopic (exact) mass is 826 g/mol. The number of rotatable bonds is 14. The van der Waals surface area contributed by atoms with Crippen molar-refractivity contribution in [3.8, 4) is 11.5 Å². The number of imide groups is 1. The smallest absolute Gasteiger partial charge is 0.323 e. The molecule has 2 amide bonds. The Morgan fingerprint density at radius 3 is 2.13 bits per heavy atom. The number of allylic oxidation sites excluding steroid dienone is 1.